The van der Waals surface area contributed by atoms with Crippen LogP contribution in [0.25, 0.3) is 11.3 Å². The number of aromatic nitrogens is 1. The van der Waals surface area contributed by atoms with E-state index in [0.29, 0.717) is 12.1 Å². The van der Waals surface area contributed by atoms with Crippen LogP contribution in [0.4, 0.5) is 4.39 Å². The van der Waals surface area contributed by atoms with E-state index in [-0.39, 0.29) is 11.9 Å². The van der Waals surface area contributed by atoms with E-state index in [1.54, 1.807) is 12.1 Å². The number of hydrogen-bond acceptors (Lipinski definition) is 4. The predicted molar refractivity (Wildman–Crippen MR) is 103 cm³/mol. The Morgan fingerprint density at radius 2 is 2.00 bits per heavy atom. The van der Waals surface area contributed by atoms with Crippen molar-refractivity contribution in [2.45, 2.75) is 51.0 Å². The molecule has 4 nitrogen and oxygen atoms in total. The molecule has 2 aromatic rings. The maximum atomic E-state index is 14.4. The molecule has 4 rings (SSSR count). The van der Waals surface area contributed by atoms with Crippen LogP contribution < -0.4 is 4.80 Å². The number of rotatable bonds is 4. The number of halogens is 1. The first-order valence-corrected chi connectivity index (χ1v) is 10.3. The highest BCUT2D eigenvalue weighted by Crippen LogP contribution is 2.24. The van der Waals surface area contributed by atoms with Gasteiger partial charge in [-0.05, 0) is 50.7 Å². The monoisotopic (exact) mass is 373 g/mol. The molecule has 1 saturated heterocycles. The fourth-order valence-corrected chi connectivity index (χ4v) is 4.36. The molecule has 1 saturated carbocycles. The summed E-state index contributed by atoms with van der Waals surface area (Å²) in [5.41, 5.74) is 2.53. The van der Waals surface area contributed by atoms with Gasteiger partial charge in [0.2, 0.25) is 4.80 Å². The summed E-state index contributed by atoms with van der Waals surface area (Å²) in [6, 6.07) is 6.87. The highest BCUT2D eigenvalue weighted by Gasteiger charge is 2.16. The van der Waals surface area contributed by atoms with Gasteiger partial charge in [0.15, 0.2) is 0 Å². The molecule has 6 heteroatoms. The van der Waals surface area contributed by atoms with E-state index in [0.717, 1.165) is 42.8 Å². The summed E-state index contributed by atoms with van der Waals surface area (Å²) in [5.74, 6) is -0.228. The lowest BCUT2D eigenvalue weighted by Crippen LogP contribution is -2.19. The van der Waals surface area contributed by atoms with Crippen molar-refractivity contribution in [2.24, 2.45) is 10.1 Å². The summed E-state index contributed by atoms with van der Waals surface area (Å²) >= 11 is 1.52. The van der Waals surface area contributed by atoms with Gasteiger partial charge in [0.25, 0.3) is 0 Å². The Labute approximate surface area is 157 Å². The van der Waals surface area contributed by atoms with Gasteiger partial charge >= 0.3 is 0 Å². The zero-order valence-corrected chi connectivity index (χ0v) is 15.7. The summed E-state index contributed by atoms with van der Waals surface area (Å²) in [6.07, 6.45) is 8.03. The number of ether oxygens (including phenoxy) is 1. The number of benzene rings is 1. The van der Waals surface area contributed by atoms with Crippen LogP contribution in [-0.2, 0) is 4.74 Å². The van der Waals surface area contributed by atoms with Crippen molar-refractivity contribution in [2.75, 3.05) is 13.2 Å². The number of hydrogen-bond donors (Lipinski definition) is 0. The molecule has 2 fully saturated rings. The lowest BCUT2D eigenvalue weighted by Gasteiger charge is -2.13. The highest BCUT2D eigenvalue weighted by molar-refractivity contribution is 7.07. The average molecular weight is 373 g/mol. The molecule has 0 spiro atoms. The quantitative estimate of drug-likeness (QED) is 0.772. The second-order valence-electron chi connectivity index (χ2n) is 6.90. The Hall–Kier alpha value is -1.79. The van der Waals surface area contributed by atoms with Crippen molar-refractivity contribution in [1.29, 1.82) is 0 Å². The van der Waals surface area contributed by atoms with Crippen LogP contribution in [0.2, 0.25) is 0 Å². The van der Waals surface area contributed by atoms with Crippen molar-refractivity contribution in [3.63, 3.8) is 0 Å². The SMILES string of the molecule is Fc1ccccc1-c1csc(=NC[C@H]2CCCO2)n1N=C1CCCCC1. The van der Waals surface area contributed by atoms with Gasteiger partial charge in [-0.1, -0.05) is 18.6 Å². The molecule has 0 radical (unpaired) electrons. The standard InChI is InChI=1S/C20H24FN3OS/c21-18-11-5-4-10-17(18)19-14-26-20(22-13-16-9-6-12-25-16)24(19)23-15-7-2-1-3-8-15/h4-5,10-11,14,16H,1-3,6-9,12-13H2/t16-/m1/s1. The minimum absolute atomic E-state index is 0.199. The van der Waals surface area contributed by atoms with Crippen LogP contribution in [0.5, 0.6) is 0 Å². The first kappa shape index (κ1) is 17.6. The Morgan fingerprint density at radius 1 is 1.15 bits per heavy atom. The third-order valence-electron chi connectivity index (χ3n) is 4.96. The first-order valence-electron chi connectivity index (χ1n) is 9.45. The molecule has 0 N–H and O–H groups in total. The Morgan fingerprint density at radius 3 is 2.77 bits per heavy atom. The van der Waals surface area contributed by atoms with Crippen LogP contribution in [0.15, 0.2) is 39.7 Å². The van der Waals surface area contributed by atoms with Crippen LogP contribution in [-0.4, -0.2) is 29.6 Å². The molecule has 0 unspecified atom stereocenters. The van der Waals surface area contributed by atoms with Gasteiger partial charge in [-0.3, -0.25) is 4.99 Å². The fraction of sp³-hybridized carbons (Fsp3) is 0.500. The van der Waals surface area contributed by atoms with E-state index in [1.807, 2.05) is 16.1 Å². The van der Waals surface area contributed by atoms with Crippen molar-refractivity contribution < 1.29 is 9.13 Å². The van der Waals surface area contributed by atoms with E-state index in [1.165, 1.54) is 42.4 Å². The molecule has 1 atom stereocenters. The number of thiazole rings is 1. The van der Waals surface area contributed by atoms with Gasteiger partial charge in [-0.15, -0.1) is 11.3 Å². The number of nitrogens with zero attached hydrogens (tertiary/aromatic N) is 3. The molecular weight excluding hydrogens is 349 g/mol. The van der Waals surface area contributed by atoms with Crippen LogP contribution >= 0.6 is 11.3 Å². The van der Waals surface area contributed by atoms with E-state index in [4.69, 9.17) is 14.8 Å². The van der Waals surface area contributed by atoms with Gasteiger partial charge in [0, 0.05) is 23.3 Å². The predicted octanol–water partition coefficient (Wildman–Crippen LogP) is 4.60. The van der Waals surface area contributed by atoms with Crippen molar-refractivity contribution >= 4 is 17.0 Å². The van der Waals surface area contributed by atoms with Gasteiger partial charge in [-0.2, -0.15) is 5.10 Å². The lowest BCUT2D eigenvalue weighted by atomic mass is 9.99. The zero-order chi connectivity index (χ0) is 17.8. The molecule has 1 aromatic carbocycles. The molecule has 2 heterocycles. The summed E-state index contributed by atoms with van der Waals surface area (Å²) in [6.45, 7) is 1.47. The summed E-state index contributed by atoms with van der Waals surface area (Å²) < 4.78 is 21.9. The largest absolute Gasteiger partial charge is 0.376 e. The highest BCUT2D eigenvalue weighted by atomic mass is 32.1. The molecule has 1 aliphatic carbocycles. The van der Waals surface area contributed by atoms with E-state index in [9.17, 15) is 4.39 Å². The molecular formula is C20H24FN3OS. The average Bonchev–Trinajstić information content (AvgIpc) is 3.32. The molecule has 1 aliphatic heterocycles. The molecule has 0 amide bonds. The van der Waals surface area contributed by atoms with Crippen molar-refractivity contribution in [3.05, 3.63) is 40.3 Å². The van der Waals surface area contributed by atoms with Crippen LogP contribution in [0.1, 0.15) is 44.9 Å². The fourth-order valence-electron chi connectivity index (χ4n) is 3.53. The third-order valence-corrected chi connectivity index (χ3v) is 5.82. The minimum Gasteiger partial charge on any atom is -0.376 e. The Kier molecular flexibility index (Phi) is 5.60. The second-order valence-corrected chi connectivity index (χ2v) is 7.73. The normalized spacial score (nSPS) is 21.3. The minimum atomic E-state index is -0.228. The van der Waals surface area contributed by atoms with Gasteiger partial charge in [-0.25, -0.2) is 9.07 Å². The third kappa shape index (κ3) is 3.96. The van der Waals surface area contributed by atoms with Crippen molar-refractivity contribution in [1.82, 2.24) is 4.68 Å². The molecule has 26 heavy (non-hydrogen) atoms. The topological polar surface area (TPSA) is 38.9 Å². The van der Waals surface area contributed by atoms with E-state index >= 15 is 0 Å². The molecule has 0 bridgehead atoms. The first-order chi connectivity index (χ1) is 12.8. The Balaban J connectivity index is 1.74. The lowest BCUT2D eigenvalue weighted by molar-refractivity contribution is 0.117. The summed E-state index contributed by atoms with van der Waals surface area (Å²) in [4.78, 5) is 5.57. The smallest absolute Gasteiger partial charge is 0.206 e. The van der Waals surface area contributed by atoms with Crippen molar-refractivity contribution in [3.8, 4) is 11.3 Å². The maximum Gasteiger partial charge on any atom is 0.206 e. The van der Waals surface area contributed by atoms with Gasteiger partial charge in [0.05, 0.1) is 18.3 Å². The second kappa shape index (κ2) is 8.27. The van der Waals surface area contributed by atoms with Crippen LogP contribution in [0, 0.1) is 5.82 Å². The maximum absolute atomic E-state index is 14.4. The summed E-state index contributed by atoms with van der Waals surface area (Å²) in [5, 5.41) is 6.84. The zero-order valence-electron chi connectivity index (χ0n) is 14.9. The van der Waals surface area contributed by atoms with Gasteiger partial charge < -0.3 is 4.74 Å². The van der Waals surface area contributed by atoms with E-state index in [2.05, 4.69) is 0 Å². The van der Waals surface area contributed by atoms with Crippen LogP contribution in [0.3, 0.4) is 0 Å². The van der Waals surface area contributed by atoms with E-state index < -0.39 is 0 Å². The molecule has 2 aliphatic rings. The molecule has 1 aromatic heterocycles. The van der Waals surface area contributed by atoms with Gasteiger partial charge in [0.1, 0.15) is 5.82 Å². The Bertz CT molecular complexity index is 841. The summed E-state index contributed by atoms with van der Waals surface area (Å²) in [7, 11) is 0. The molecule has 138 valence electrons.